The van der Waals surface area contributed by atoms with Gasteiger partial charge >= 0.3 is 0 Å². The summed E-state index contributed by atoms with van der Waals surface area (Å²) in [6.45, 7) is 7.90. The molecule has 0 aliphatic carbocycles. The largest absolute Gasteiger partial charge is 0.481 e. The molecule has 1 aliphatic heterocycles. The Bertz CT molecular complexity index is 646. The fraction of sp³-hybridized carbons (Fsp3) is 0.471. The molecule has 0 saturated carbocycles. The van der Waals surface area contributed by atoms with Gasteiger partial charge in [0.1, 0.15) is 0 Å². The SMILES string of the molecule is COc1cccc(CN2CCN(c3ncc(C)cn3)CC2C)n1. The van der Waals surface area contributed by atoms with Gasteiger partial charge < -0.3 is 9.64 Å². The van der Waals surface area contributed by atoms with Gasteiger partial charge in [-0.3, -0.25) is 4.90 Å². The molecule has 3 rings (SSSR count). The van der Waals surface area contributed by atoms with E-state index in [-0.39, 0.29) is 0 Å². The Hall–Kier alpha value is -2.21. The number of ether oxygens (including phenoxy) is 1. The van der Waals surface area contributed by atoms with E-state index in [9.17, 15) is 0 Å². The quantitative estimate of drug-likeness (QED) is 0.859. The summed E-state index contributed by atoms with van der Waals surface area (Å²) in [6.07, 6.45) is 3.75. The second-order valence-corrected chi connectivity index (χ2v) is 6.00. The van der Waals surface area contributed by atoms with Gasteiger partial charge in [0.25, 0.3) is 0 Å². The van der Waals surface area contributed by atoms with E-state index in [2.05, 4.69) is 31.7 Å². The number of anilines is 1. The number of hydrogen-bond acceptors (Lipinski definition) is 6. The first kappa shape index (κ1) is 15.7. The molecule has 2 aromatic heterocycles. The first-order valence-corrected chi connectivity index (χ1v) is 7.93. The van der Waals surface area contributed by atoms with Crippen LogP contribution in [0.4, 0.5) is 5.95 Å². The zero-order chi connectivity index (χ0) is 16.2. The van der Waals surface area contributed by atoms with Gasteiger partial charge in [0, 0.05) is 50.7 Å². The second-order valence-electron chi connectivity index (χ2n) is 6.00. The summed E-state index contributed by atoms with van der Waals surface area (Å²) < 4.78 is 5.20. The van der Waals surface area contributed by atoms with Crippen LogP contribution in [0.1, 0.15) is 18.2 Å². The molecule has 6 heteroatoms. The molecular formula is C17H23N5O. The summed E-state index contributed by atoms with van der Waals surface area (Å²) in [5, 5.41) is 0. The molecule has 1 unspecified atom stereocenters. The minimum atomic E-state index is 0.418. The fourth-order valence-corrected chi connectivity index (χ4v) is 2.83. The number of aryl methyl sites for hydroxylation is 1. The van der Waals surface area contributed by atoms with Gasteiger partial charge in [-0.2, -0.15) is 0 Å². The number of piperazine rings is 1. The van der Waals surface area contributed by atoms with Gasteiger partial charge in [0.2, 0.25) is 11.8 Å². The molecule has 3 heterocycles. The second kappa shape index (κ2) is 6.91. The van der Waals surface area contributed by atoms with E-state index in [1.807, 2.05) is 37.5 Å². The molecule has 0 bridgehead atoms. The molecule has 2 aromatic rings. The summed E-state index contributed by atoms with van der Waals surface area (Å²) in [5.74, 6) is 1.49. The highest BCUT2D eigenvalue weighted by Crippen LogP contribution is 2.17. The molecule has 1 aliphatic rings. The Morgan fingerprint density at radius 3 is 2.70 bits per heavy atom. The summed E-state index contributed by atoms with van der Waals surface area (Å²) in [5.41, 5.74) is 2.13. The van der Waals surface area contributed by atoms with E-state index in [1.54, 1.807) is 7.11 Å². The minimum Gasteiger partial charge on any atom is -0.481 e. The average Bonchev–Trinajstić information content (AvgIpc) is 2.57. The summed E-state index contributed by atoms with van der Waals surface area (Å²) in [6, 6.07) is 6.33. The van der Waals surface area contributed by atoms with Crippen LogP contribution in [0.3, 0.4) is 0 Å². The number of nitrogens with zero attached hydrogens (tertiary/aromatic N) is 5. The van der Waals surface area contributed by atoms with E-state index >= 15 is 0 Å². The van der Waals surface area contributed by atoms with E-state index < -0.39 is 0 Å². The summed E-state index contributed by atoms with van der Waals surface area (Å²) >= 11 is 0. The Kier molecular flexibility index (Phi) is 4.71. The van der Waals surface area contributed by atoms with Crippen LogP contribution < -0.4 is 9.64 Å². The van der Waals surface area contributed by atoms with Crippen LogP contribution in [0.5, 0.6) is 5.88 Å². The number of rotatable bonds is 4. The highest BCUT2D eigenvalue weighted by Gasteiger charge is 2.25. The van der Waals surface area contributed by atoms with Gasteiger partial charge in [0.05, 0.1) is 12.8 Å². The lowest BCUT2D eigenvalue weighted by Crippen LogP contribution is -2.52. The molecule has 0 radical (unpaired) electrons. The van der Waals surface area contributed by atoms with Crippen LogP contribution in [0, 0.1) is 6.92 Å². The van der Waals surface area contributed by atoms with Crippen molar-refractivity contribution in [2.24, 2.45) is 0 Å². The molecule has 0 N–H and O–H groups in total. The van der Waals surface area contributed by atoms with Crippen LogP contribution in [0.15, 0.2) is 30.6 Å². The van der Waals surface area contributed by atoms with Crippen molar-refractivity contribution in [1.29, 1.82) is 0 Å². The monoisotopic (exact) mass is 313 g/mol. The molecule has 122 valence electrons. The van der Waals surface area contributed by atoms with Crippen molar-refractivity contribution in [3.8, 4) is 5.88 Å². The van der Waals surface area contributed by atoms with Crippen molar-refractivity contribution >= 4 is 5.95 Å². The first-order valence-electron chi connectivity index (χ1n) is 7.93. The number of hydrogen-bond donors (Lipinski definition) is 0. The molecule has 1 saturated heterocycles. The Morgan fingerprint density at radius 2 is 2.00 bits per heavy atom. The molecule has 0 aromatic carbocycles. The third-order valence-corrected chi connectivity index (χ3v) is 4.17. The highest BCUT2D eigenvalue weighted by molar-refractivity contribution is 5.31. The van der Waals surface area contributed by atoms with Crippen LogP contribution in [-0.2, 0) is 6.54 Å². The predicted molar refractivity (Wildman–Crippen MR) is 89.6 cm³/mol. The number of aromatic nitrogens is 3. The van der Waals surface area contributed by atoms with E-state index in [1.165, 1.54) is 0 Å². The molecule has 0 amide bonds. The third kappa shape index (κ3) is 3.76. The molecule has 1 atom stereocenters. The van der Waals surface area contributed by atoms with Crippen LogP contribution in [-0.4, -0.2) is 52.6 Å². The average molecular weight is 313 g/mol. The first-order chi connectivity index (χ1) is 11.2. The minimum absolute atomic E-state index is 0.418. The summed E-state index contributed by atoms with van der Waals surface area (Å²) in [7, 11) is 1.65. The maximum atomic E-state index is 5.20. The van der Waals surface area contributed by atoms with Crippen molar-refractivity contribution in [2.75, 3.05) is 31.6 Å². The zero-order valence-electron chi connectivity index (χ0n) is 13.9. The van der Waals surface area contributed by atoms with Crippen molar-refractivity contribution in [3.63, 3.8) is 0 Å². The van der Waals surface area contributed by atoms with Crippen LogP contribution in [0.2, 0.25) is 0 Å². The number of pyridine rings is 1. The molecular weight excluding hydrogens is 290 g/mol. The maximum absolute atomic E-state index is 5.20. The van der Waals surface area contributed by atoms with E-state index in [0.717, 1.165) is 43.4 Å². The lowest BCUT2D eigenvalue weighted by Gasteiger charge is -2.39. The van der Waals surface area contributed by atoms with Crippen LogP contribution in [0.25, 0.3) is 0 Å². The van der Waals surface area contributed by atoms with Gasteiger partial charge in [0.15, 0.2) is 0 Å². The van der Waals surface area contributed by atoms with Gasteiger partial charge in [-0.15, -0.1) is 0 Å². The zero-order valence-corrected chi connectivity index (χ0v) is 13.9. The molecule has 0 spiro atoms. The lowest BCUT2D eigenvalue weighted by atomic mass is 10.2. The standard InChI is InChI=1S/C17H23N5O/c1-13-9-18-17(19-10-13)22-8-7-21(14(2)11-22)12-15-5-4-6-16(20-15)23-3/h4-6,9-10,14H,7-8,11-12H2,1-3H3. The topological polar surface area (TPSA) is 54.4 Å². The normalized spacial score (nSPS) is 18.9. The van der Waals surface area contributed by atoms with E-state index in [4.69, 9.17) is 4.74 Å². The highest BCUT2D eigenvalue weighted by atomic mass is 16.5. The van der Waals surface area contributed by atoms with Crippen molar-refractivity contribution in [2.45, 2.75) is 26.4 Å². The van der Waals surface area contributed by atoms with Gasteiger partial charge in [-0.1, -0.05) is 6.07 Å². The molecule has 6 nitrogen and oxygen atoms in total. The third-order valence-electron chi connectivity index (χ3n) is 4.17. The van der Waals surface area contributed by atoms with Crippen LogP contribution >= 0.6 is 0 Å². The van der Waals surface area contributed by atoms with Crippen molar-refractivity contribution < 1.29 is 4.74 Å². The fourth-order valence-electron chi connectivity index (χ4n) is 2.83. The Labute approximate surface area is 137 Å². The predicted octanol–water partition coefficient (Wildman–Crippen LogP) is 1.90. The lowest BCUT2D eigenvalue weighted by molar-refractivity contribution is 0.177. The van der Waals surface area contributed by atoms with Gasteiger partial charge in [-0.05, 0) is 25.5 Å². The van der Waals surface area contributed by atoms with Crippen molar-refractivity contribution in [3.05, 3.63) is 41.9 Å². The maximum Gasteiger partial charge on any atom is 0.225 e. The smallest absolute Gasteiger partial charge is 0.225 e. The van der Waals surface area contributed by atoms with E-state index in [0.29, 0.717) is 11.9 Å². The van der Waals surface area contributed by atoms with Crippen molar-refractivity contribution in [1.82, 2.24) is 19.9 Å². The Balaban J connectivity index is 1.63. The summed E-state index contributed by atoms with van der Waals surface area (Å²) in [4.78, 5) is 18.1. The molecule has 1 fully saturated rings. The van der Waals surface area contributed by atoms with Gasteiger partial charge in [-0.25, -0.2) is 15.0 Å². The molecule has 23 heavy (non-hydrogen) atoms. The number of methoxy groups -OCH3 is 1. The Morgan fingerprint density at radius 1 is 1.22 bits per heavy atom.